The van der Waals surface area contributed by atoms with Gasteiger partial charge in [0.25, 0.3) is 0 Å². The molecule has 0 aliphatic carbocycles. The van der Waals surface area contributed by atoms with E-state index in [1.807, 2.05) is 4.90 Å². The zero-order valence-corrected chi connectivity index (χ0v) is 26.3. The van der Waals surface area contributed by atoms with Gasteiger partial charge in [-0.3, -0.25) is 9.69 Å². The molecule has 46 heavy (non-hydrogen) atoms. The zero-order chi connectivity index (χ0) is 33.7. The predicted octanol–water partition coefficient (Wildman–Crippen LogP) is 7.29. The first kappa shape index (κ1) is 34.0. The molecule has 2 aromatic carbocycles. The molecule has 4 atom stereocenters. The van der Waals surface area contributed by atoms with E-state index in [0.29, 0.717) is 50.3 Å². The first-order chi connectivity index (χ1) is 21.5. The molecule has 0 saturated carbocycles. The van der Waals surface area contributed by atoms with Gasteiger partial charge in [-0.05, 0) is 86.1 Å². The number of carbonyl (C=O) groups is 2. The van der Waals surface area contributed by atoms with Crippen molar-refractivity contribution in [2.45, 2.75) is 70.5 Å². The van der Waals surface area contributed by atoms with E-state index in [4.69, 9.17) is 0 Å². The van der Waals surface area contributed by atoms with Gasteiger partial charge in [0.2, 0.25) is 5.91 Å². The van der Waals surface area contributed by atoms with Gasteiger partial charge in [-0.25, -0.2) is 9.18 Å². The number of hydrogen-bond donors (Lipinski definition) is 0. The van der Waals surface area contributed by atoms with Crippen LogP contribution in [-0.2, 0) is 17.1 Å². The quantitative estimate of drug-likeness (QED) is 0.325. The summed E-state index contributed by atoms with van der Waals surface area (Å²) in [4.78, 5) is 33.1. The number of halogens is 7. The third-order valence-corrected chi connectivity index (χ3v) is 10.2. The molecule has 0 N–H and O–H groups in total. The Balaban J connectivity index is 1.44. The van der Waals surface area contributed by atoms with E-state index in [9.17, 15) is 40.3 Å². The van der Waals surface area contributed by atoms with Crippen molar-refractivity contribution in [2.75, 3.05) is 39.8 Å². The van der Waals surface area contributed by atoms with Crippen LogP contribution in [0.4, 0.5) is 35.5 Å². The third kappa shape index (κ3) is 6.84. The fourth-order valence-corrected chi connectivity index (χ4v) is 7.51. The van der Waals surface area contributed by atoms with Crippen LogP contribution in [0.15, 0.2) is 36.4 Å². The average Bonchev–Trinajstić information content (AvgIpc) is 3.43. The van der Waals surface area contributed by atoms with Gasteiger partial charge in [0.05, 0.1) is 23.2 Å². The molecule has 13 heteroatoms. The van der Waals surface area contributed by atoms with Crippen molar-refractivity contribution >= 4 is 11.9 Å². The number of likely N-dealkylation sites (tertiary alicyclic amines) is 3. The number of rotatable bonds is 4. The topological polar surface area (TPSA) is 47.1 Å². The maximum atomic E-state index is 14.2. The van der Waals surface area contributed by atoms with Crippen LogP contribution in [0.2, 0.25) is 0 Å². The molecule has 3 aliphatic heterocycles. The summed E-state index contributed by atoms with van der Waals surface area (Å²) in [6, 6.07) is 3.94. The number of fused-ring (bicyclic) bond motifs is 1. The standard InChI is InChI=1S/C33H39F7N4O2/c1-19-13-26(34)5-6-28(19)30-29-18-43(27-8-10-42(11-9-27)21(3)45)17-22(29)7-12-44(30)31(46)41(4)20(2)23-14-24(32(35,36)37)16-25(15-23)33(38,39)40/h5-6,13-16,20,22,27,29-30H,7-12,17-18H2,1-4H3/t20?,22?,29-,30?/m1/s1. The second-order valence-corrected chi connectivity index (χ2v) is 13.0. The lowest BCUT2D eigenvalue weighted by molar-refractivity contribution is -0.143. The van der Waals surface area contributed by atoms with Gasteiger partial charge in [0.1, 0.15) is 5.82 Å². The van der Waals surface area contributed by atoms with Crippen LogP contribution >= 0.6 is 0 Å². The second-order valence-electron chi connectivity index (χ2n) is 13.0. The molecule has 3 saturated heterocycles. The number of alkyl halides is 6. The molecule has 6 nitrogen and oxygen atoms in total. The van der Waals surface area contributed by atoms with Crippen molar-refractivity contribution in [3.8, 4) is 0 Å². The first-order valence-corrected chi connectivity index (χ1v) is 15.5. The lowest BCUT2D eigenvalue weighted by Gasteiger charge is -2.45. The van der Waals surface area contributed by atoms with Crippen molar-refractivity contribution < 1.29 is 40.3 Å². The number of carbonyl (C=O) groups excluding carboxylic acids is 2. The molecule has 5 rings (SSSR count). The molecule has 0 spiro atoms. The van der Waals surface area contributed by atoms with Gasteiger partial charge in [0.15, 0.2) is 0 Å². The summed E-state index contributed by atoms with van der Waals surface area (Å²) in [5.74, 6) is -0.174. The Kier molecular flexibility index (Phi) is 9.38. The normalized spacial score (nSPS) is 23.8. The maximum Gasteiger partial charge on any atom is 0.416 e. The third-order valence-electron chi connectivity index (χ3n) is 10.2. The number of hydrogen-bond acceptors (Lipinski definition) is 3. The Labute approximate surface area is 264 Å². The summed E-state index contributed by atoms with van der Waals surface area (Å²) in [7, 11) is 1.38. The fraction of sp³-hybridized carbons (Fsp3) is 0.576. The SMILES string of the molecule is CC(=O)N1CCC(N2CC3CCN(C(=O)N(C)C(C)c4cc(C(F)(F)F)cc(C(F)(F)F)c4)C(c4ccc(F)cc4C)[C@@H]3C2)CC1. The molecule has 0 radical (unpaired) electrons. The van der Waals surface area contributed by atoms with Crippen LogP contribution < -0.4 is 0 Å². The van der Waals surface area contributed by atoms with Gasteiger partial charge in [-0.15, -0.1) is 0 Å². The van der Waals surface area contributed by atoms with E-state index >= 15 is 0 Å². The summed E-state index contributed by atoms with van der Waals surface area (Å²) >= 11 is 0. The smallest absolute Gasteiger partial charge is 0.343 e. The lowest BCUT2D eigenvalue weighted by atomic mass is 9.78. The van der Waals surface area contributed by atoms with E-state index in [1.54, 1.807) is 24.8 Å². The molecule has 3 aliphatic rings. The fourth-order valence-electron chi connectivity index (χ4n) is 7.51. The Morgan fingerprint density at radius 2 is 1.50 bits per heavy atom. The number of aryl methyl sites for hydroxylation is 1. The molecular weight excluding hydrogens is 617 g/mol. The summed E-state index contributed by atoms with van der Waals surface area (Å²) in [5.41, 5.74) is -1.75. The molecule has 2 aromatic rings. The van der Waals surface area contributed by atoms with Crippen molar-refractivity contribution in [3.63, 3.8) is 0 Å². The number of amides is 3. The van der Waals surface area contributed by atoms with Gasteiger partial charge in [-0.1, -0.05) is 6.07 Å². The molecule has 3 heterocycles. The van der Waals surface area contributed by atoms with Crippen molar-refractivity contribution in [2.24, 2.45) is 11.8 Å². The van der Waals surface area contributed by atoms with Crippen LogP contribution in [0.1, 0.15) is 73.0 Å². The molecule has 3 amide bonds. The van der Waals surface area contributed by atoms with Crippen molar-refractivity contribution in [1.82, 2.24) is 19.6 Å². The molecule has 3 unspecified atom stereocenters. The highest BCUT2D eigenvalue weighted by molar-refractivity contribution is 5.76. The van der Waals surface area contributed by atoms with Gasteiger partial charge >= 0.3 is 18.4 Å². The Morgan fingerprint density at radius 1 is 0.891 bits per heavy atom. The summed E-state index contributed by atoms with van der Waals surface area (Å²) in [6.45, 7) is 7.88. The van der Waals surface area contributed by atoms with Crippen LogP contribution in [0, 0.1) is 24.6 Å². The van der Waals surface area contributed by atoms with Crippen LogP contribution in [0.25, 0.3) is 0 Å². The Morgan fingerprint density at radius 3 is 2.04 bits per heavy atom. The minimum Gasteiger partial charge on any atom is -0.343 e. The van der Waals surface area contributed by atoms with E-state index in [2.05, 4.69) is 4.90 Å². The van der Waals surface area contributed by atoms with E-state index in [-0.39, 0.29) is 35.4 Å². The Hall–Kier alpha value is -3.35. The van der Waals surface area contributed by atoms with Crippen LogP contribution in [0.3, 0.4) is 0 Å². The molecule has 3 fully saturated rings. The maximum absolute atomic E-state index is 14.2. The van der Waals surface area contributed by atoms with Crippen molar-refractivity contribution in [1.29, 1.82) is 0 Å². The van der Waals surface area contributed by atoms with Gasteiger partial charge < -0.3 is 14.7 Å². The largest absolute Gasteiger partial charge is 0.416 e. The monoisotopic (exact) mass is 656 g/mol. The van der Waals surface area contributed by atoms with Gasteiger partial charge in [0, 0.05) is 58.7 Å². The van der Waals surface area contributed by atoms with E-state index in [1.165, 1.54) is 31.0 Å². The zero-order valence-electron chi connectivity index (χ0n) is 26.3. The minimum absolute atomic E-state index is 0.0261. The first-order valence-electron chi connectivity index (χ1n) is 15.5. The highest BCUT2D eigenvalue weighted by Gasteiger charge is 2.48. The van der Waals surface area contributed by atoms with Crippen LogP contribution in [0.5, 0.6) is 0 Å². The number of piperidine rings is 2. The molecular formula is C33H39F7N4O2. The summed E-state index contributed by atoms with van der Waals surface area (Å²) in [5, 5.41) is 0. The van der Waals surface area contributed by atoms with E-state index < -0.39 is 47.4 Å². The van der Waals surface area contributed by atoms with Gasteiger partial charge in [-0.2, -0.15) is 26.3 Å². The summed E-state index contributed by atoms with van der Waals surface area (Å²) < 4.78 is 95.8. The predicted molar refractivity (Wildman–Crippen MR) is 157 cm³/mol. The minimum atomic E-state index is -5.01. The molecule has 0 aromatic heterocycles. The molecule has 0 bridgehead atoms. The lowest BCUT2D eigenvalue weighted by Crippen LogP contribution is -2.51. The number of benzene rings is 2. The Bertz CT molecular complexity index is 1420. The van der Waals surface area contributed by atoms with E-state index in [0.717, 1.165) is 24.9 Å². The average molecular weight is 657 g/mol. The molecule has 252 valence electrons. The second kappa shape index (κ2) is 12.7. The highest BCUT2D eigenvalue weighted by Crippen LogP contribution is 2.47. The number of nitrogens with zero attached hydrogens (tertiary/aromatic N) is 4. The summed E-state index contributed by atoms with van der Waals surface area (Å²) in [6.07, 6.45) is -7.69. The number of urea groups is 1. The van der Waals surface area contributed by atoms with Crippen molar-refractivity contribution in [3.05, 3.63) is 70.0 Å². The highest BCUT2D eigenvalue weighted by atomic mass is 19.4. The van der Waals surface area contributed by atoms with Crippen LogP contribution in [-0.4, -0.2) is 77.4 Å².